The molecule has 0 atom stereocenters. The summed E-state index contributed by atoms with van der Waals surface area (Å²) in [4.78, 5) is 10.9. The summed E-state index contributed by atoms with van der Waals surface area (Å²) in [6.45, 7) is 4.34. The predicted octanol–water partition coefficient (Wildman–Crippen LogP) is -0.772. The first kappa shape index (κ1) is 11.4. The molecule has 1 aliphatic heterocycles. The lowest BCUT2D eigenvalue weighted by molar-refractivity contribution is 0.271. The summed E-state index contributed by atoms with van der Waals surface area (Å²) >= 11 is 0. The van der Waals surface area contributed by atoms with Crippen LogP contribution < -0.4 is 10.2 Å². The molecule has 2 aromatic rings. The fraction of sp³-hybridized carbons (Fsp3) is 0.545. The molecule has 96 valence electrons. The maximum Gasteiger partial charge on any atom is 0.163 e. The van der Waals surface area contributed by atoms with E-state index in [1.807, 2.05) is 0 Å². The molecule has 1 saturated heterocycles. The molecule has 7 nitrogen and oxygen atoms in total. The molecule has 1 fully saturated rings. The Labute approximate surface area is 104 Å². The minimum Gasteiger partial charge on any atom is -0.394 e. The molecule has 1 aliphatic rings. The van der Waals surface area contributed by atoms with Gasteiger partial charge in [-0.2, -0.15) is 5.10 Å². The van der Waals surface area contributed by atoms with E-state index in [0.717, 1.165) is 43.0 Å². The Morgan fingerprint density at radius 1 is 1.28 bits per heavy atom. The van der Waals surface area contributed by atoms with Crippen LogP contribution in [0.5, 0.6) is 0 Å². The van der Waals surface area contributed by atoms with Crippen molar-refractivity contribution in [1.29, 1.82) is 0 Å². The maximum absolute atomic E-state index is 8.99. The van der Waals surface area contributed by atoms with Gasteiger partial charge in [0.25, 0.3) is 0 Å². The average molecular weight is 248 g/mol. The number of piperazine rings is 1. The Bertz CT molecular complexity index is 533. The molecule has 0 spiro atoms. The first-order valence-corrected chi connectivity index (χ1v) is 6.13. The van der Waals surface area contributed by atoms with E-state index in [1.165, 1.54) is 0 Å². The van der Waals surface area contributed by atoms with Gasteiger partial charge in [-0.05, 0) is 0 Å². The van der Waals surface area contributed by atoms with Gasteiger partial charge in [0.1, 0.15) is 12.1 Å². The van der Waals surface area contributed by atoms with E-state index in [1.54, 1.807) is 17.2 Å². The molecule has 0 radical (unpaired) electrons. The van der Waals surface area contributed by atoms with Crippen molar-refractivity contribution in [3.8, 4) is 0 Å². The lowest BCUT2D eigenvalue weighted by Crippen LogP contribution is -2.44. The Kier molecular flexibility index (Phi) is 3.07. The summed E-state index contributed by atoms with van der Waals surface area (Å²) in [5.41, 5.74) is 0.785. The van der Waals surface area contributed by atoms with Crippen LogP contribution in [0.3, 0.4) is 0 Å². The smallest absolute Gasteiger partial charge is 0.163 e. The standard InChI is InChI=1S/C11H16N6O/c18-6-5-17-11-9(7-15-17)10(13-8-14-11)16-3-1-12-2-4-16/h7-8,12,18H,1-6H2. The lowest BCUT2D eigenvalue weighted by atomic mass is 10.3. The highest BCUT2D eigenvalue weighted by molar-refractivity contribution is 5.86. The Balaban J connectivity index is 2.01. The average Bonchev–Trinajstić information content (AvgIpc) is 2.84. The number of hydrogen-bond acceptors (Lipinski definition) is 6. The van der Waals surface area contributed by atoms with Gasteiger partial charge in [0.2, 0.25) is 0 Å². The molecule has 0 bridgehead atoms. The zero-order chi connectivity index (χ0) is 12.4. The predicted molar refractivity (Wildman–Crippen MR) is 67.5 cm³/mol. The largest absolute Gasteiger partial charge is 0.394 e. The quantitative estimate of drug-likeness (QED) is 0.742. The molecule has 3 heterocycles. The van der Waals surface area contributed by atoms with Crippen LogP contribution in [0.4, 0.5) is 5.82 Å². The molecule has 18 heavy (non-hydrogen) atoms. The third-order valence-corrected chi connectivity index (χ3v) is 3.14. The van der Waals surface area contributed by atoms with E-state index in [-0.39, 0.29) is 6.61 Å². The van der Waals surface area contributed by atoms with Crippen LogP contribution >= 0.6 is 0 Å². The van der Waals surface area contributed by atoms with Crippen molar-refractivity contribution >= 4 is 16.9 Å². The molecule has 7 heteroatoms. The number of hydrogen-bond donors (Lipinski definition) is 2. The van der Waals surface area contributed by atoms with E-state index in [4.69, 9.17) is 5.11 Å². The first-order chi connectivity index (χ1) is 8.90. The number of fused-ring (bicyclic) bond motifs is 1. The molecule has 0 aliphatic carbocycles. The van der Waals surface area contributed by atoms with Crippen LogP contribution in [0.1, 0.15) is 0 Å². The van der Waals surface area contributed by atoms with E-state index >= 15 is 0 Å². The molecule has 0 aromatic carbocycles. The first-order valence-electron chi connectivity index (χ1n) is 6.13. The Morgan fingerprint density at radius 3 is 2.89 bits per heavy atom. The Morgan fingerprint density at radius 2 is 2.11 bits per heavy atom. The summed E-state index contributed by atoms with van der Waals surface area (Å²) in [7, 11) is 0. The summed E-state index contributed by atoms with van der Waals surface area (Å²) in [6.07, 6.45) is 3.34. The van der Waals surface area contributed by atoms with Crippen molar-refractivity contribution < 1.29 is 5.11 Å². The molecule has 3 rings (SSSR count). The van der Waals surface area contributed by atoms with Crippen molar-refractivity contribution in [1.82, 2.24) is 25.1 Å². The van der Waals surface area contributed by atoms with Gasteiger partial charge in [0.05, 0.1) is 24.7 Å². The molecule has 0 saturated carbocycles. The maximum atomic E-state index is 8.99. The number of nitrogens with zero attached hydrogens (tertiary/aromatic N) is 5. The van der Waals surface area contributed by atoms with Gasteiger partial charge in [0, 0.05) is 26.2 Å². The van der Waals surface area contributed by atoms with Crippen LogP contribution in [-0.4, -0.2) is 57.6 Å². The highest BCUT2D eigenvalue weighted by Crippen LogP contribution is 2.22. The highest BCUT2D eigenvalue weighted by atomic mass is 16.3. The van der Waals surface area contributed by atoms with Gasteiger partial charge in [-0.25, -0.2) is 14.6 Å². The van der Waals surface area contributed by atoms with Crippen molar-refractivity contribution in [2.24, 2.45) is 0 Å². The SMILES string of the molecule is OCCn1ncc2c(N3CCNCC3)ncnc21. The lowest BCUT2D eigenvalue weighted by Gasteiger charge is -2.28. The number of aromatic nitrogens is 4. The minimum absolute atomic E-state index is 0.0593. The van der Waals surface area contributed by atoms with Gasteiger partial charge in [-0.3, -0.25) is 0 Å². The third kappa shape index (κ3) is 1.91. The summed E-state index contributed by atoms with van der Waals surface area (Å²) in [6, 6.07) is 0. The minimum atomic E-state index is 0.0593. The topological polar surface area (TPSA) is 79.1 Å². The second-order valence-corrected chi connectivity index (χ2v) is 4.26. The fourth-order valence-corrected chi connectivity index (χ4v) is 2.27. The molecule has 0 unspecified atom stereocenters. The number of anilines is 1. The van der Waals surface area contributed by atoms with Crippen LogP contribution in [0.15, 0.2) is 12.5 Å². The van der Waals surface area contributed by atoms with E-state index in [2.05, 4.69) is 25.3 Å². The number of rotatable bonds is 3. The van der Waals surface area contributed by atoms with E-state index < -0.39 is 0 Å². The van der Waals surface area contributed by atoms with Gasteiger partial charge in [-0.1, -0.05) is 0 Å². The van der Waals surface area contributed by atoms with Gasteiger partial charge >= 0.3 is 0 Å². The fourth-order valence-electron chi connectivity index (χ4n) is 2.27. The second kappa shape index (κ2) is 4.87. The zero-order valence-corrected chi connectivity index (χ0v) is 10.1. The normalized spacial score (nSPS) is 16.4. The van der Waals surface area contributed by atoms with Gasteiger partial charge < -0.3 is 15.3 Å². The van der Waals surface area contributed by atoms with Gasteiger partial charge in [0.15, 0.2) is 5.65 Å². The van der Waals surface area contributed by atoms with E-state index in [0.29, 0.717) is 6.54 Å². The van der Waals surface area contributed by atoms with E-state index in [9.17, 15) is 0 Å². The van der Waals surface area contributed by atoms with Crippen LogP contribution in [0, 0.1) is 0 Å². The molecule has 0 amide bonds. The third-order valence-electron chi connectivity index (χ3n) is 3.14. The van der Waals surface area contributed by atoms with Crippen LogP contribution in [0.25, 0.3) is 11.0 Å². The second-order valence-electron chi connectivity index (χ2n) is 4.26. The number of nitrogens with one attached hydrogen (secondary N) is 1. The van der Waals surface area contributed by atoms with Crippen LogP contribution in [-0.2, 0) is 6.54 Å². The summed E-state index contributed by atoms with van der Waals surface area (Å²) < 4.78 is 1.71. The van der Waals surface area contributed by atoms with Crippen molar-refractivity contribution in [2.45, 2.75) is 6.54 Å². The molecular formula is C11H16N6O. The van der Waals surface area contributed by atoms with Crippen molar-refractivity contribution in [3.63, 3.8) is 0 Å². The Hall–Kier alpha value is -1.73. The van der Waals surface area contributed by atoms with Crippen molar-refractivity contribution in [3.05, 3.63) is 12.5 Å². The summed E-state index contributed by atoms with van der Waals surface area (Å²) in [5.74, 6) is 0.936. The van der Waals surface area contributed by atoms with Gasteiger partial charge in [-0.15, -0.1) is 0 Å². The number of aliphatic hydroxyl groups excluding tert-OH is 1. The van der Waals surface area contributed by atoms with Crippen LogP contribution in [0.2, 0.25) is 0 Å². The molecule has 2 aromatic heterocycles. The number of aliphatic hydroxyl groups is 1. The molecule has 2 N–H and O–H groups in total. The molecular weight excluding hydrogens is 232 g/mol. The monoisotopic (exact) mass is 248 g/mol. The summed E-state index contributed by atoms with van der Waals surface area (Å²) in [5, 5.41) is 17.5. The van der Waals surface area contributed by atoms with Crippen molar-refractivity contribution in [2.75, 3.05) is 37.7 Å². The highest BCUT2D eigenvalue weighted by Gasteiger charge is 2.17. The zero-order valence-electron chi connectivity index (χ0n) is 10.1.